The van der Waals surface area contributed by atoms with Gasteiger partial charge in [-0.25, -0.2) is 4.98 Å². The minimum atomic E-state index is -3.09. The third-order valence-electron chi connectivity index (χ3n) is 6.00. The van der Waals surface area contributed by atoms with Crippen LogP contribution in [-0.2, 0) is 21.5 Å². The number of benzene rings is 1. The van der Waals surface area contributed by atoms with E-state index in [0.29, 0.717) is 5.69 Å². The molecule has 4 rings (SSSR count). The lowest BCUT2D eigenvalue weighted by Crippen LogP contribution is -2.67. The van der Waals surface area contributed by atoms with Crippen molar-refractivity contribution >= 4 is 17.5 Å². The van der Waals surface area contributed by atoms with Crippen LogP contribution >= 0.6 is 0 Å². The number of pyridine rings is 1. The number of alkyl halides is 2. The molecule has 1 aliphatic heterocycles. The molecule has 0 aliphatic carbocycles. The number of carbonyl (C=O) groups is 2. The molecule has 1 aromatic carbocycles. The van der Waals surface area contributed by atoms with Crippen molar-refractivity contribution in [2.24, 2.45) is 0 Å². The van der Waals surface area contributed by atoms with Crippen molar-refractivity contribution in [1.82, 2.24) is 24.9 Å². The van der Waals surface area contributed by atoms with E-state index in [1.807, 2.05) is 38.1 Å². The third-order valence-corrected chi connectivity index (χ3v) is 6.00. The van der Waals surface area contributed by atoms with Crippen molar-refractivity contribution in [2.75, 3.05) is 18.4 Å². The summed E-state index contributed by atoms with van der Waals surface area (Å²) in [5.41, 5.74) is 1.17. The molecule has 0 unspecified atom stereocenters. The van der Waals surface area contributed by atoms with Crippen LogP contribution in [0, 0.1) is 6.92 Å². The summed E-state index contributed by atoms with van der Waals surface area (Å²) >= 11 is 0. The predicted octanol–water partition coefficient (Wildman–Crippen LogP) is 3.13. The maximum Gasteiger partial charge on any atom is 0.388 e. The van der Waals surface area contributed by atoms with Gasteiger partial charge in [-0.1, -0.05) is 38.1 Å². The summed E-state index contributed by atoms with van der Waals surface area (Å²) in [5.74, 6) is -0.910. The topological polar surface area (TPSA) is 102 Å². The Morgan fingerprint density at radius 2 is 1.80 bits per heavy atom. The number of likely N-dealkylation sites (tertiary alicyclic amines) is 1. The van der Waals surface area contributed by atoms with Crippen LogP contribution in [0.4, 0.5) is 14.5 Å². The van der Waals surface area contributed by atoms with Gasteiger partial charge in [-0.3, -0.25) is 9.59 Å². The molecule has 2 amide bonds. The van der Waals surface area contributed by atoms with Gasteiger partial charge in [0, 0.05) is 18.8 Å². The molecule has 35 heavy (non-hydrogen) atoms. The van der Waals surface area contributed by atoms with Crippen LogP contribution in [0.1, 0.15) is 36.6 Å². The van der Waals surface area contributed by atoms with Crippen molar-refractivity contribution in [3.63, 3.8) is 0 Å². The van der Waals surface area contributed by atoms with E-state index in [9.17, 15) is 18.4 Å². The Kier molecular flexibility index (Phi) is 6.77. The minimum absolute atomic E-state index is 0.0350. The van der Waals surface area contributed by atoms with Crippen LogP contribution in [0.15, 0.2) is 48.8 Å². The highest BCUT2D eigenvalue weighted by Gasteiger charge is 2.53. The highest BCUT2D eigenvalue weighted by atomic mass is 19.3. The second kappa shape index (κ2) is 9.77. The molecule has 184 valence electrons. The fourth-order valence-corrected chi connectivity index (χ4v) is 4.24. The summed E-state index contributed by atoms with van der Waals surface area (Å²) in [6, 6.07) is 10.6. The number of anilines is 1. The maximum atomic E-state index is 13.8. The van der Waals surface area contributed by atoms with E-state index in [1.54, 1.807) is 17.9 Å². The van der Waals surface area contributed by atoms with Gasteiger partial charge >= 0.3 is 6.61 Å². The van der Waals surface area contributed by atoms with Crippen LogP contribution < -0.4 is 10.1 Å². The van der Waals surface area contributed by atoms with Gasteiger partial charge in [-0.2, -0.15) is 23.8 Å². The molecule has 0 spiro atoms. The molecule has 0 bridgehead atoms. The number of halogens is 2. The molecule has 2 aromatic heterocycles. The highest BCUT2D eigenvalue weighted by molar-refractivity contribution is 6.02. The number of aryl methyl sites for hydroxylation is 1. The lowest BCUT2D eigenvalue weighted by molar-refractivity contribution is -0.144. The Morgan fingerprint density at radius 3 is 2.46 bits per heavy atom. The summed E-state index contributed by atoms with van der Waals surface area (Å²) in [7, 11) is 0. The van der Waals surface area contributed by atoms with Crippen molar-refractivity contribution in [1.29, 1.82) is 0 Å². The Bertz CT molecular complexity index is 1210. The Morgan fingerprint density at radius 1 is 1.11 bits per heavy atom. The first-order valence-corrected chi connectivity index (χ1v) is 11.1. The average molecular weight is 485 g/mol. The standard InChI is InChI=1S/C24H26F2N6O3/c1-15(2)17-6-4-5-7-18(17)24(13-31(14-24)20(33)12-32-27-10-11-28-32)22(34)30-19-9-8-16(3)29-21(19)35-23(25)26/h4-11,15,23H,12-14H2,1-3H3,(H,30,34). The first kappa shape index (κ1) is 24.2. The zero-order valence-corrected chi connectivity index (χ0v) is 19.6. The average Bonchev–Trinajstić information content (AvgIpc) is 3.28. The normalized spacial score (nSPS) is 14.7. The number of rotatable bonds is 8. The zero-order valence-electron chi connectivity index (χ0n) is 19.6. The molecule has 3 heterocycles. The molecule has 0 saturated carbocycles. The van der Waals surface area contributed by atoms with Gasteiger partial charge in [0.05, 0.1) is 12.4 Å². The first-order valence-electron chi connectivity index (χ1n) is 11.1. The molecule has 1 aliphatic rings. The fraction of sp³-hybridized carbons (Fsp3) is 0.375. The minimum Gasteiger partial charge on any atom is -0.415 e. The number of nitrogens with zero attached hydrogens (tertiary/aromatic N) is 5. The maximum absolute atomic E-state index is 13.8. The second-order valence-corrected chi connectivity index (χ2v) is 8.77. The molecule has 0 radical (unpaired) electrons. The number of hydrogen-bond donors (Lipinski definition) is 1. The zero-order chi connectivity index (χ0) is 25.2. The Hall–Kier alpha value is -3.89. The monoisotopic (exact) mass is 484 g/mol. The molecular weight excluding hydrogens is 458 g/mol. The van der Waals surface area contributed by atoms with Gasteiger partial charge in [0.25, 0.3) is 0 Å². The van der Waals surface area contributed by atoms with Crippen molar-refractivity contribution in [2.45, 2.75) is 45.3 Å². The predicted molar refractivity (Wildman–Crippen MR) is 123 cm³/mol. The molecule has 1 saturated heterocycles. The van der Waals surface area contributed by atoms with Crippen molar-refractivity contribution < 1.29 is 23.1 Å². The highest BCUT2D eigenvalue weighted by Crippen LogP contribution is 2.40. The van der Waals surface area contributed by atoms with Gasteiger partial charge in [-0.05, 0) is 36.1 Å². The molecule has 9 nitrogen and oxygen atoms in total. The van der Waals surface area contributed by atoms with Gasteiger partial charge in [0.1, 0.15) is 17.6 Å². The first-order chi connectivity index (χ1) is 16.7. The smallest absolute Gasteiger partial charge is 0.388 e. The van der Waals surface area contributed by atoms with E-state index in [0.717, 1.165) is 11.1 Å². The summed E-state index contributed by atoms with van der Waals surface area (Å²) < 4.78 is 30.4. The molecule has 3 aromatic rings. The molecule has 0 atom stereocenters. The Balaban J connectivity index is 1.65. The molecule has 11 heteroatoms. The summed E-state index contributed by atoms with van der Waals surface area (Å²) in [6.07, 6.45) is 2.96. The van der Waals surface area contributed by atoms with Crippen LogP contribution in [-0.4, -0.2) is 56.4 Å². The fourth-order valence-electron chi connectivity index (χ4n) is 4.24. The third kappa shape index (κ3) is 4.98. The van der Waals surface area contributed by atoms with Gasteiger partial charge in [-0.15, -0.1) is 0 Å². The van der Waals surface area contributed by atoms with Gasteiger partial charge in [0.2, 0.25) is 17.7 Å². The van der Waals surface area contributed by atoms with E-state index in [4.69, 9.17) is 0 Å². The summed E-state index contributed by atoms with van der Waals surface area (Å²) in [5, 5.41) is 10.6. The van der Waals surface area contributed by atoms with Crippen molar-refractivity contribution in [3.05, 3.63) is 65.6 Å². The molecule has 1 N–H and O–H groups in total. The second-order valence-electron chi connectivity index (χ2n) is 8.77. The number of amides is 2. The van der Waals surface area contributed by atoms with Crippen molar-refractivity contribution in [3.8, 4) is 5.88 Å². The van der Waals surface area contributed by atoms with E-state index >= 15 is 0 Å². The van der Waals surface area contributed by atoms with Crippen LogP contribution in [0.2, 0.25) is 0 Å². The SMILES string of the molecule is Cc1ccc(NC(=O)C2(c3ccccc3C(C)C)CN(C(=O)Cn3nccn3)C2)c(OC(F)F)n1. The molecule has 1 fully saturated rings. The van der Waals surface area contributed by atoms with Crippen LogP contribution in [0.5, 0.6) is 5.88 Å². The van der Waals surface area contributed by atoms with E-state index < -0.39 is 17.9 Å². The lowest BCUT2D eigenvalue weighted by Gasteiger charge is -2.50. The number of aromatic nitrogens is 4. The largest absolute Gasteiger partial charge is 0.415 e. The summed E-state index contributed by atoms with van der Waals surface area (Å²) in [4.78, 5) is 33.4. The van der Waals surface area contributed by atoms with E-state index in [-0.39, 0.29) is 43.0 Å². The van der Waals surface area contributed by atoms with Gasteiger partial charge < -0.3 is 15.0 Å². The lowest BCUT2D eigenvalue weighted by atomic mass is 9.69. The number of carbonyl (C=O) groups excluding carboxylic acids is 2. The number of ether oxygens (including phenoxy) is 1. The molecular formula is C24H26F2N6O3. The number of nitrogens with one attached hydrogen (secondary N) is 1. The van der Waals surface area contributed by atoms with E-state index in [1.165, 1.54) is 23.3 Å². The quantitative estimate of drug-likeness (QED) is 0.527. The van der Waals surface area contributed by atoms with Gasteiger partial charge in [0.15, 0.2) is 0 Å². The van der Waals surface area contributed by atoms with E-state index in [2.05, 4.69) is 25.2 Å². The Labute approximate surface area is 201 Å². The van der Waals surface area contributed by atoms with Crippen LogP contribution in [0.25, 0.3) is 0 Å². The van der Waals surface area contributed by atoms with Crippen LogP contribution in [0.3, 0.4) is 0 Å². The number of hydrogen-bond acceptors (Lipinski definition) is 6. The summed E-state index contributed by atoms with van der Waals surface area (Å²) in [6.45, 7) is 2.77.